The molecule has 0 aliphatic carbocycles. The molecule has 94 valence electrons. The molecule has 1 aromatic heterocycles. The molecule has 5 heteroatoms. The number of carbonyl (C=O) groups excluding carboxylic acids is 1. The van der Waals surface area contributed by atoms with Crippen molar-refractivity contribution in [3.05, 3.63) is 51.8 Å². The van der Waals surface area contributed by atoms with E-state index in [4.69, 9.17) is 0 Å². The van der Waals surface area contributed by atoms with Crippen LogP contribution in [-0.2, 0) is 6.54 Å². The highest BCUT2D eigenvalue weighted by atomic mass is 79.9. The van der Waals surface area contributed by atoms with Crippen LogP contribution in [0.4, 0.5) is 0 Å². The molecule has 0 radical (unpaired) electrons. The maximum atomic E-state index is 12.3. The van der Waals surface area contributed by atoms with Crippen LogP contribution in [0.3, 0.4) is 0 Å². The SMILES string of the molecule is Cc1cccc(C(=O)N(C)Cc2cn[nH]c2)c1Br. The van der Waals surface area contributed by atoms with Gasteiger partial charge in [-0.25, -0.2) is 0 Å². The maximum absolute atomic E-state index is 12.3. The fourth-order valence-electron chi connectivity index (χ4n) is 1.73. The molecule has 1 aromatic carbocycles. The third-order valence-electron chi connectivity index (χ3n) is 2.74. The van der Waals surface area contributed by atoms with Gasteiger partial charge in [-0.1, -0.05) is 12.1 Å². The standard InChI is InChI=1S/C13H14BrN3O/c1-9-4-3-5-11(12(9)14)13(18)17(2)8-10-6-15-16-7-10/h3-7H,8H2,1-2H3,(H,15,16). The van der Waals surface area contributed by atoms with Crippen LogP contribution in [0.15, 0.2) is 35.1 Å². The van der Waals surface area contributed by atoms with Gasteiger partial charge in [-0.15, -0.1) is 0 Å². The van der Waals surface area contributed by atoms with Crippen LogP contribution in [-0.4, -0.2) is 28.1 Å². The molecule has 0 aliphatic rings. The quantitative estimate of drug-likeness (QED) is 0.948. The van der Waals surface area contributed by atoms with Crippen molar-refractivity contribution in [2.75, 3.05) is 7.05 Å². The Morgan fingerprint density at radius 1 is 1.50 bits per heavy atom. The number of halogens is 1. The van der Waals surface area contributed by atoms with E-state index in [0.717, 1.165) is 15.6 Å². The first kappa shape index (κ1) is 12.8. The Balaban J connectivity index is 2.18. The zero-order chi connectivity index (χ0) is 13.1. The van der Waals surface area contributed by atoms with Crippen molar-refractivity contribution in [2.45, 2.75) is 13.5 Å². The van der Waals surface area contributed by atoms with E-state index >= 15 is 0 Å². The number of aryl methyl sites for hydroxylation is 1. The van der Waals surface area contributed by atoms with Crippen molar-refractivity contribution >= 4 is 21.8 Å². The summed E-state index contributed by atoms with van der Waals surface area (Å²) in [5, 5.41) is 6.60. The van der Waals surface area contributed by atoms with Gasteiger partial charge in [0.2, 0.25) is 0 Å². The number of hydrogen-bond acceptors (Lipinski definition) is 2. The van der Waals surface area contributed by atoms with E-state index in [0.29, 0.717) is 12.1 Å². The molecule has 0 bridgehead atoms. The molecule has 2 aromatic rings. The molecule has 1 heterocycles. The molecular formula is C13H14BrN3O. The van der Waals surface area contributed by atoms with Crippen LogP contribution in [0.25, 0.3) is 0 Å². The molecule has 0 unspecified atom stereocenters. The molecule has 4 nitrogen and oxygen atoms in total. The predicted molar refractivity (Wildman–Crippen MR) is 73.3 cm³/mol. The highest BCUT2D eigenvalue weighted by Gasteiger charge is 2.16. The van der Waals surface area contributed by atoms with E-state index in [-0.39, 0.29) is 5.91 Å². The van der Waals surface area contributed by atoms with E-state index in [1.165, 1.54) is 0 Å². The molecule has 1 amide bonds. The molecule has 0 atom stereocenters. The molecule has 0 fully saturated rings. The number of rotatable bonds is 3. The lowest BCUT2D eigenvalue weighted by molar-refractivity contribution is 0.0784. The van der Waals surface area contributed by atoms with Crippen LogP contribution in [0.5, 0.6) is 0 Å². The summed E-state index contributed by atoms with van der Waals surface area (Å²) >= 11 is 3.46. The van der Waals surface area contributed by atoms with Crippen LogP contribution >= 0.6 is 15.9 Å². The number of aromatic nitrogens is 2. The molecule has 18 heavy (non-hydrogen) atoms. The Labute approximate surface area is 114 Å². The van der Waals surface area contributed by atoms with Crippen LogP contribution in [0.2, 0.25) is 0 Å². The Bertz CT molecular complexity index is 551. The number of nitrogens with one attached hydrogen (secondary N) is 1. The van der Waals surface area contributed by atoms with Gasteiger partial charge < -0.3 is 4.90 Å². The van der Waals surface area contributed by atoms with Crippen molar-refractivity contribution in [1.82, 2.24) is 15.1 Å². The molecular weight excluding hydrogens is 294 g/mol. The van der Waals surface area contributed by atoms with Gasteiger partial charge in [0.25, 0.3) is 5.91 Å². The summed E-state index contributed by atoms with van der Waals surface area (Å²) < 4.78 is 0.856. The van der Waals surface area contributed by atoms with Crippen molar-refractivity contribution in [2.24, 2.45) is 0 Å². The second kappa shape index (κ2) is 5.35. The molecule has 0 spiro atoms. The van der Waals surface area contributed by atoms with Gasteiger partial charge in [-0.2, -0.15) is 5.10 Å². The van der Waals surface area contributed by atoms with E-state index < -0.39 is 0 Å². The number of carbonyl (C=O) groups is 1. The highest BCUT2D eigenvalue weighted by molar-refractivity contribution is 9.10. The summed E-state index contributed by atoms with van der Waals surface area (Å²) in [7, 11) is 1.78. The average Bonchev–Trinajstić information content (AvgIpc) is 2.84. The van der Waals surface area contributed by atoms with Crippen molar-refractivity contribution in [3.8, 4) is 0 Å². The molecule has 0 saturated carbocycles. The van der Waals surface area contributed by atoms with Crippen molar-refractivity contribution < 1.29 is 4.79 Å². The van der Waals surface area contributed by atoms with E-state index in [9.17, 15) is 4.79 Å². The predicted octanol–water partition coefficient (Wildman–Crippen LogP) is 2.75. The molecule has 2 rings (SSSR count). The van der Waals surface area contributed by atoms with Crippen LogP contribution < -0.4 is 0 Å². The second-order valence-electron chi connectivity index (χ2n) is 4.20. The summed E-state index contributed by atoms with van der Waals surface area (Å²) in [5.41, 5.74) is 2.72. The molecule has 0 aliphatic heterocycles. The molecule has 0 saturated heterocycles. The minimum atomic E-state index is -0.00762. The Hall–Kier alpha value is -1.62. The van der Waals surface area contributed by atoms with E-state index in [1.54, 1.807) is 24.3 Å². The summed E-state index contributed by atoms with van der Waals surface area (Å²) in [6.07, 6.45) is 3.50. The Morgan fingerprint density at radius 3 is 2.94 bits per heavy atom. The monoisotopic (exact) mass is 307 g/mol. The topological polar surface area (TPSA) is 49.0 Å². The van der Waals surface area contributed by atoms with Gasteiger partial charge in [0.1, 0.15) is 0 Å². The van der Waals surface area contributed by atoms with Crippen molar-refractivity contribution in [1.29, 1.82) is 0 Å². The first-order chi connectivity index (χ1) is 8.59. The first-order valence-corrected chi connectivity index (χ1v) is 6.37. The maximum Gasteiger partial charge on any atom is 0.255 e. The van der Waals surface area contributed by atoms with Gasteiger partial charge >= 0.3 is 0 Å². The van der Waals surface area contributed by atoms with E-state index in [2.05, 4.69) is 26.1 Å². The van der Waals surface area contributed by atoms with Gasteiger partial charge in [0, 0.05) is 29.8 Å². The Kier molecular flexibility index (Phi) is 3.81. The van der Waals surface area contributed by atoms with Crippen LogP contribution in [0.1, 0.15) is 21.5 Å². The largest absolute Gasteiger partial charge is 0.337 e. The third kappa shape index (κ3) is 2.61. The Morgan fingerprint density at radius 2 is 2.28 bits per heavy atom. The number of hydrogen-bond donors (Lipinski definition) is 1. The van der Waals surface area contributed by atoms with Gasteiger partial charge in [-0.05, 0) is 34.5 Å². The zero-order valence-electron chi connectivity index (χ0n) is 10.3. The minimum Gasteiger partial charge on any atom is -0.337 e. The summed E-state index contributed by atoms with van der Waals surface area (Å²) in [5.74, 6) is -0.00762. The minimum absolute atomic E-state index is 0.00762. The first-order valence-electron chi connectivity index (χ1n) is 5.58. The van der Waals surface area contributed by atoms with Crippen LogP contribution in [0, 0.1) is 6.92 Å². The normalized spacial score (nSPS) is 10.4. The van der Waals surface area contributed by atoms with Crippen molar-refractivity contribution in [3.63, 3.8) is 0 Å². The smallest absolute Gasteiger partial charge is 0.255 e. The van der Waals surface area contributed by atoms with E-state index in [1.807, 2.05) is 25.1 Å². The van der Waals surface area contributed by atoms with Gasteiger partial charge in [0.15, 0.2) is 0 Å². The zero-order valence-corrected chi connectivity index (χ0v) is 11.9. The fourth-order valence-corrected chi connectivity index (χ4v) is 2.16. The van der Waals surface area contributed by atoms with Gasteiger partial charge in [-0.3, -0.25) is 9.89 Å². The fraction of sp³-hybridized carbons (Fsp3) is 0.231. The van der Waals surface area contributed by atoms with Gasteiger partial charge in [0.05, 0.1) is 11.8 Å². The number of aromatic amines is 1. The average molecular weight is 308 g/mol. The molecule has 1 N–H and O–H groups in total. The number of benzene rings is 1. The highest BCUT2D eigenvalue weighted by Crippen LogP contribution is 2.22. The third-order valence-corrected chi connectivity index (χ3v) is 3.80. The summed E-state index contributed by atoms with van der Waals surface area (Å²) in [6, 6.07) is 5.68. The lowest BCUT2D eigenvalue weighted by atomic mass is 10.1. The lowest BCUT2D eigenvalue weighted by Gasteiger charge is -2.17. The number of amides is 1. The summed E-state index contributed by atoms with van der Waals surface area (Å²) in [6.45, 7) is 2.51. The second-order valence-corrected chi connectivity index (χ2v) is 5.00. The summed E-state index contributed by atoms with van der Waals surface area (Å²) in [4.78, 5) is 14.0. The lowest BCUT2D eigenvalue weighted by Crippen LogP contribution is -2.26. The number of nitrogens with zero attached hydrogens (tertiary/aromatic N) is 2. The number of H-pyrrole nitrogens is 1.